The summed E-state index contributed by atoms with van der Waals surface area (Å²) in [4.78, 5) is 15.6. The molecular weight excluding hydrogens is 366 g/mol. The Morgan fingerprint density at radius 2 is 1.90 bits per heavy atom. The molecule has 1 aromatic carbocycles. The Balaban J connectivity index is 1.65. The molecule has 7 heteroatoms. The van der Waals surface area contributed by atoms with Gasteiger partial charge in [-0.3, -0.25) is 4.98 Å². The van der Waals surface area contributed by atoms with E-state index in [2.05, 4.69) is 56.3 Å². The van der Waals surface area contributed by atoms with Crippen molar-refractivity contribution in [1.29, 1.82) is 0 Å². The fourth-order valence-electron chi connectivity index (χ4n) is 3.09. The molecule has 0 bridgehead atoms. The summed E-state index contributed by atoms with van der Waals surface area (Å²) in [5.74, 6) is 0.821. The first kappa shape index (κ1) is 20.4. The molecule has 2 N–H and O–H groups in total. The Kier molecular flexibility index (Phi) is 6.86. The third kappa shape index (κ3) is 5.58. The number of aromatic carboxylic acids is 1. The maximum Gasteiger partial charge on any atom is 0.335 e. The van der Waals surface area contributed by atoms with Gasteiger partial charge in [0.25, 0.3) is 0 Å². The first-order valence-electron chi connectivity index (χ1n) is 9.61. The molecule has 0 aliphatic heterocycles. The summed E-state index contributed by atoms with van der Waals surface area (Å²) >= 11 is 0. The molecule has 0 unspecified atom stereocenters. The summed E-state index contributed by atoms with van der Waals surface area (Å²) in [6.07, 6.45) is 4.98. The zero-order valence-corrected chi connectivity index (χ0v) is 16.7. The first-order valence-corrected chi connectivity index (χ1v) is 9.61. The molecule has 0 saturated carbocycles. The van der Waals surface area contributed by atoms with Gasteiger partial charge in [0.15, 0.2) is 0 Å². The van der Waals surface area contributed by atoms with Crippen molar-refractivity contribution in [2.24, 2.45) is 0 Å². The number of hydrogen-bond acceptors (Lipinski definition) is 5. The second-order valence-electron chi connectivity index (χ2n) is 6.71. The normalized spacial score (nSPS) is 11.2. The van der Waals surface area contributed by atoms with Crippen molar-refractivity contribution in [3.8, 4) is 0 Å². The lowest BCUT2D eigenvalue weighted by atomic mass is 10.2. The number of nitrogens with zero attached hydrogens (tertiary/aromatic N) is 4. The molecule has 7 nitrogen and oxygen atoms in total. The number of aromatic nitrogens is 4. The summed E-state index contributed by atoms with van der Waals surface area (Å²) in [7, 11) is 0. The highest BCUT2D eigenvalue weighted by Crippen LogP contribution is 2.08. The minimum absolute atomic E-state index is 0.247. The van der Waals surface area contributed by atoms with Crippen LogP contribution in [0, 0.1) is 6.92 Å². The van der Waals surface area contributed by atoms with E-state index in [1.807, 2.05) is 18.2 Å². The van der Waals surface area contributed by atoms with Crippen LogP contribution in [0.25, 0.3) is 6.08 Å². The van der Waals surface area contributed by atoms with Crippen LogP contribution < -0.4 is 5.32 Å². The third-order valence-electron chi connectivity index (χ3n) is 4.46. The summed E-state index contributed by atoms with van der Waals surface area (Å²) in [5.41, 5.74) is 2.77. The molecule has 0 saturated heterocycles. The Morgan fingerprint density at radius 1 is 1.14 bits per heavy atom. The van der Waals surface area contributed by atoms with E-state index in [4.69, 9.17) is 0 Å². The number of nitrogens with one attached hydrogen (secondary N) is 1. The van der Waals surface area contributed by atoms with Crippen molar-refractivity contribution in [2.75, 3.05) is 0 Å². The Morgan fingerprint density at radius 3 is 2.62 bits per heavy atom. The van der Waals surface area contributed by atoms with Crippen molar-refractivity contribution in [3.05, 3.63) is 82.7 Å². The van der Waals surface area contributed by atoms with Gasteiger partial charge in [0, 0.05) is 25.2 Å². The average molecular weight is 391 g/mol. The zero-order chi connectivity index (χ0) is 20.6. The van der Waals surface area contributed by atoms with Gasteiger partial charge < -0.3 is 15.0 Å². The molecule has 0 radical (unpaired) electrons. The lowest BCUT2D eigenvalue weighted by Gasteiger charge is -2.09. The molecule has 3 aromatic rings. The van der Waals surface area contributed by atoms with E-state index in [1.165, 1.54) is 0 Å². The van der Waals surface area contributed by atoms with E-state index < -0.39 is 5.97 Å². The standard InChI is InChI=1S/C22H25N5O2/c1-3-20-25-26-21(27(20)11-7-10-17-8-5-4-6-9-17)15-23-14-19-13-18(22(28)29)12-16(2)24-19/h4-10,12-13,23H,3,11,14-15H2,1-2H3,(H,28,29)/b10-7+. The van der Waals surface area contributed by atoms with Gasteiger partial charge in [0.2, 0.25) is 0 Å². The Hall–Kier alpha value is -3.32. The second kappa shape index (κ2) is 9.75. The van der Waals surface area contributed by atoms with Gasteiger partial charge in [-0.15, -0.1) is 10.2 Å². The number of hydrogen-bond donors (Lipinski definition) is 2. The highest BCUT2D eigenvalue weighted by Gasteiger charge is 2.10. The number of pyridine rings is 1. The molecule has 0 atom stereocenters. The van der Waals surface area contributed by atoms with Crippen molar-refractivity contribution >= 4 is 12.0 Å². The van der Waals surface area contributed by atoms with Crippen LogP contribution in [0.2, 0.25) is 0 Å². The molecule has 0 aliphatic rings. The van der Waals surface area contributed by atoms with Gasteiger partial charge >= 0.3 is 5.97 Å². The predicted octanol–water partition coefficient (Wildman–Crippen LogP) is 3.25. The van der Waals surface area contributed by atoms with Crippen LogP contribution in [0.4, 0.5) is 0 Å². The van der Waals surface area contributed by atoms with Crippen LogP contribution in [0.5, 0.6) is 0 Å². The van der Waals surface area contributed by atoms with Crippen molar-refractivity contribution in [3.63, 3.8) is 0 Å². The average Bonchev–Trinajstić information content (AvgIpc) is 3.10. The quantitative estimate of drug-likeness (QED) is 0.582. The van der Waals surface area contributed by atoms with Crippen LogP contribution in [-0.2, 0) is 26.1 Å². The van der Waals surface area contributed by atoms with Gasteiger partial charge in [0.05, 0.1) is 17.8 Å². The minimum Gasteiger partial charge on any atom is -0.478 e. The maximum atomic E-state index is 11.2. The van der Waals surface area contributed by atoms with Gasteiger partial charge in [-0.1, -0.05) is 49.4 Å². The highest BCUT2D eigenvalue weighted by atomic mass is 16.4. The van der Waals surface area contributed by atoms with E-state index in [0.29, 0.717) is 31.0 Å². The smallest absolute Gasteiger partial charge is 0.335 e. The van der Waals surface area contributed by atoms with Crippen LogP contribution >= 0.6 is 0 Å². The summed E-state index contributed by atoms with van der Waals surface area (Å²) in [5, 5.41) is 21.1. The van der Waals surface area contributed by atoms with Crippen molar-refractivity contribution < 1.29 is 9.90 Å². The van der Waals surface area contributed by atoms with Gasteiger partial charge in [-0.25, -0.2) is 4.79 Å². The third-order valence-corrected chi connectivity index (χ3v) is 4.46. The van der Waals surface area contributed by atoms with Gasteiger partial charge in [-0.05, 0) is 24.6 Å². The molecule has 29 heavy (non-hydrogen) atoms. The van der Waals surface area contributed by atoms with E-state index in [-0.39, 0.29) is 5.56 Å². The number of carboxylic acids is 1. The van der Waals surface area contributed by atoms with E-state index in [9.17, 15) is 9.90 Å². The van der Waals surface area contributed by atoms with Crippen LogP contribution in [0.1, 0.15) is 45.9 Å². The lowest BCUT2D eigenvalue weighted by molar-refractivity contribution is 0.0696. The predicted molar refractivity (Wildman–Crippen MR) is 111 cm³/mol. The Bertz CT molecular complexity index is 996. The molecular formula is C22H25N5O2. The van der Waals surface area contributed by atoms with Crippen LogP contribution in [-0.4, -0.2) is 30.8 Å². The molecule has 2 aromatic heterocycles. The van der Waals surface area contributed by atoms with E-state index in [0.717, 1.165) is 23.6 Å². The number of rotatable bonds is 9. The molecule has 3 rings (SSSR count). The summed E-state index contributed by atoms with van der Waals surface area (Å²) in [6, 6.07) is 13.3. The summed E-state index contributed by atoms with van der Waals surface area (Å²) in [6.45, 7) is 5.51. The number of aryl methyl sites for hydroxylation is 2. The monoisotopic (exact) mass is 391 g/mol. The first-order chi connectivity index (χ1) is 14.1. The van der Waals surface area contributed by atoms with Crippen molar-refractivity contribution in [2.45, 2.75) is 39.9 Å². The topological polar surface area (TPSA) is 92.9 Å². The van der Waals surface area contributed by atoms with E-state index >= 15 is 0 Å². The van der Waals surface area contributed by atoms with Gasteiger partial charge in [-0.2, -0.15) is 0 Å². The SMILES string of the molecule is CCc1nnc(CNCc2cc(C(=O)O)cc(C)n2)n1C/C=C/c1ccccc1. The number of carbonyl (C=O) groups is 1. The minimum atomic E-state index is -0.950. The van der Waals surface area contributed by atoms with E-state index in [1.54, 1.807) is 19.1 Å². The largest absolute Gasteiger partial charge is 0.478 e. The lowest BCUT2D eigenvalue weighted by Crippen LogP contribution is -2.18. The molecule has 0 amide bonds. The molecule has 0 aliphatic carbocycles. The molecule has 2 heterocycles. The van der Waals surface area contributed by atoms with Crippen LogP contribution in [0.15, 0.2) is 48.5 Å². The second-order valence-corrected chi connectivity index (χ2v) is 6.71. The summed E-state index contributed by atoms with van der Waals surface area (Å²) < 4.78 is 2.10. The highest BCUT2D eigenvalue weighted by molar-refractivity contribution is 5.87. The van der Waals surface area contributed by atoms with Crippen molar-refractivity contribution in [1.82, 2.24) is 25.1 Å². The maximum absolute atomic E-state index is 11.2. The van der Waals surface area contributed by atoms with Crippen LogP contribution in [0.3, 0.4) is 0 Å². The Labute approximate surface area is 170 Å². The molecule has 0 spiro atoms. The number of allylic oxidation sites excluding steroid dienone is 1. The molecule has 0 fully saturated rings. The number of benzene rings is 1. The fraction of sp³-hybridized carbons (Fsp3) is 0.273. The fourth-order valence-corrected chi connectivity index (χ4v) is 3.09. The van der Waals surface area contributed by atoms with Gasteiger partial charge in [0.1, 0.15) is 11.6 Å². The number of carboxylic acid groups (broad SMARTS) is 1. The zero-order valence-electron chi connectivity index (χ0n) is 16.7. The molecule has 150 valence electrons.